The molecule has 27 heavy (non-hydrogen) atoms. The van der Waals surface area contributed by atoms with E-state index in [2.05, 4.69) is 4.98 Å². The molecule has 1 aliphatic carbocycles. The molecule has 148 valence electrons. The van der Waals surface area contributed by atoms with Gasteiger partial charge in [0.25, 0.3) is 0 Å². The molecule has 7 nitrogen and oxygen atoms in total. The van der Waals surface area contributed by atoms with Crippen LogP contribution < -0.4 is 5.73 Å². The van der Waals surface area contributed by atoms with Gasteiger partial charge in [0.1, 0.15) is 6.26 Å². The summed E-state index contributed by atoms with van der Waals surface area (Å²) in [7, 11) is 0. The quantitative estimate of drug-likeness (QED) is 0.858. The predicted octanol–water partition coefficient (Wildman–Crippen LogP) is 1.88. The van der Waals surface area contributed by atoms with Gasteiger partial charge in [-0.1, -0.05) is 0 Å². The van der Waals surface area contributed by atoms with Gasteiger partial charge < -0.3 is 20.0 Å². The lowest BCUT2D eigenvalue weighted by molar-refractivity contribution is -0.141. The highest BCUT2D eigenvalue weighted by atomic mass is 19.4. The third-order valence-electron chi connectivity index (χ3n) is 5.93. The Labute approximate surface area is 153 Å². The number of urea groups is 1. The summed E-state index contributed by atoms with van der Waals surface area (Å²) in [5.41, 5.74) is 4.37. The number of amides is 3. The number of nitrogens with zero attached hydrogens (tertiary/aromatic N) is 3. The van der Waals surface area contributed by atoms with Gasteiger partial charge in [-0.3, -0.25) is 4.79 Å². The predicted molar refractivity (Wildman–Crippen MR) is 86.2 cm³/mol. The average molecular weight is 386 g/mol. The third kappa shape index (κ3) is 3.37. The van der Waals surface area contributed by atoms with Crippen LogP contribution in [0.1, 0.15) is 30.8 Å². The van der Waals surface area contributed by atoms with Crippen LogP contribution >= 0.6 is 0 Å². The third-order valence-corrected chi connectivity index (χ3v) is 5.93. The molecule has 3 aliphatic rings. The topological polar surface area (TPSA) is 92.7 Å². The molecule has 0 aromatic carbocycles. The standard InChI is InChI=1S/C17H21F3N4O3/c18-17(19,20)12-7-27-13(22-12)3-10-4-16(5-10)8-24(9-16)15(26)23-2-1-11(6-23)14(21)25/h7,10-11H,1-6,8-9H2,(H2,21,25)/t11-/m0/s1. The molecule has 3 amide bonds. The van der Waals surface area contributed by atoms with Crippen LogP contribution in [0, 0.1) is 17.3 Å². The van der Waals surface area contributed by atoms with E-state index in [1.54, 1.807) is 9.80 Å². The fraction of sp³-hybridized carbons (Fsp3) is 0.706. The van der Waals surface area contributed by atoms with Crippen molar-refractivity contribution >= 4 is 11.9 Å². The lowest BCUT2D eigenvalue weighted by atomic mass is 9.57. The van der Waals surface area contributed by atoms with Crippen molar-refractivity contribution in [3.05, 3.63) is 17.8 Å². The molecule has 2 N–H and O–H groups in total. The Morgan fingerprint density at radius 2 is 2.00 bits per heavy atom. The molecular formula is C17H21F3N4O3. The number of oxazole rings is 1. The maximum absolute atomic E-state index is 12.5. The van der Waals surface area contributed by atoms with Gasteiger partial charge in [0.05, 0.1) is 5.92 Å². The minimum Gasteiger partial charge on any atom is -0.448 e. The van der Waals surface area contributed by atoms with E-state index < -0.39 is 11.9 Å². The summed E-state index contributed by atoms with van der Waals surface area (Å²) in [5.74, 6) is -0.288. The fourth-order valence-electron chi connectivity index (χ4n) is 4.61. The van der Waals surface area contributed by atoms with Crippen LogP contribution in [0.4, 0.5) is 18.0 Å². The smallest absolute Gasteiger partial charge is 0.436 e. The van der Waals surface area contributed by atoms with E-state index in [1.807, 2.05) is 0 Å². The number of alkyl halides is 3. The summed E-state index contributed by atoms with van der Waals surface area (Å²) < 4.78 is 42.6. The second-order valence-corrected chi connectivity index (χ2v) is 8.08. The number of carbonyl (C=O) groups excluding carboxylic acids is 2. The summed E-state index contributed by atoms with van der Waals surface area (Å²) in [4.78, 5) is 30.6. The number of hydrogen-bond acceptors (Lipinski definition) is 4. The first-order valence-electron chi connectivity index (χ1n) is 9.00. The summed E-state index contributed by atoms with van der Waals surface area (Å²) in [5, 5.41) is 0. The number of carbonyl (C=O) groups is 2. The second-order valence-electron chi connectivity index (χ2n) is 8.08. The Hall–Kier alpha value is -2.26. The van der Waals surface area contributed by atoms with Crippen molar-refractivity contribution in [3.8, 4) is 0 Å². The fourth-order valence-corrected chi connectivity index (χ4v) is 4.61. The maximum Gasteiger partial charge on any atom is 0.436 e. The van der Waals surface area contributed by atoms with Gasteiger partial charge in [-0.05, 0) is 25.2 Å². The Balaban J connectivity index is 1.23. The Morgan fingerprint density at radius 1 is 1.30 bits per heavy atom. The van der Waals surface area contributed by atoms with Crippen LogP contribution in [-0.2, 0) is 17.4 Å². The lowest BCUT2D eigenvalue weighted by Gasteiger charge is -2.59. The molecule has 3 fully saturated rings. The molecule has 2 saturated heterocycles. The number of likely N-dealkylation sites (tertiary alicyclic amines) is 2. The largest absolute Gasteiger partial charge is 0.448 e. The molecule has 10 heteroatoms. The summed E-state index contributed by atoms with van der Waals surface area (Å²) in [6.45, 7) is 2.23. The van der Waals surface area contributed by atoms with E-state index in [0.717, 1.165) is 12.8 Å². The molecule has 1 spiro atoms. The number of halogens is 3. The van der Waals surface area contributed by atoms with E-state index >= 15 is 0 Å². The van der Waals surface area contributed by atoms with E-state index in [-0.39, 0.29) is 35.1 Å². The van der Waals surface area contributed by atoms with Gasteiger partial charge in [0.15, 0.2) is 11.6 Å². The minimum absolute atomic E-state index is 0.0599. The van der Waals surface area contributed by atoms with Gasteiger partial charge >= 0.3 is 12.2 Å². The van der Waals surface area contributed by atoms with E-state index in [9.17, 15) is 22.8 Å². The number of rotatable bonds is 3. The van der Waals surface area contributed by atoms with Crippen LogP contribution in [0.2, 0.25) is 0 Å². The molecule has 3 heterocycles. The highest BCUT2D eigenvalue weighted by Gasteiger charge is 2.54. The van der Waals surface area contributed by atoms with E-state index in [0.29, 0.717) is 45.3 Å². The number of nitrogens with two attached hydrogens (primary N) is 1. The molecule has 1 atom stereocenters. The van der Waals surface area contributed by atoms with Crippen molar-refractivity contribution in [1.29, 1.82) is 0 Å². The first-order chi connectivity index (χ1) is 12.7. The molecule has 0 radical (unpaired) electrons. The highest BCUT2D eigenvalue weighted by molar-refractivity contribution is 5.80. The number of aromatic nitrogens is 1. The van der Waals surface area contributed by atoms with Crippen LogP contribution in [0.5, 0.6) is 0 Å². The zero-order chi connectivity index (χ0) is 19.4. The zero-order valence-electron chi connectivity index (χ0n) is 14.7. The van der Waals surface area contributed by atoms with Crippen molar-refractivity contribution < 1.29 is 27.2 Å². The highest BCUT2D eigenvalue weighted by Crippen LogP contribution is 2.53. The molecule has 0 bridgehead atoms. The normalized spacial score (nSPS) is 24.8. The Kier molecular flexibility index (Phi) is 4.12. The SMILES string of the molecule is NC(=O)[C@H]1CCN(C(=O)N2CC3(CC(Cc4nc(C(F)(F)F)co4)C3)C2)C1. The van der Waals surface area contributed by atoms with E-state index in [1.165, 1.54) is 0 Å². The van der Waals surface area contributed by atoms with Crippen molar-refractivity contribution in [2.24, 2.45) is 23.0 Å². The Bertz CT molecular complexity index is 749. The molecule has 1 aromatic rings. The first kappa shape index (κ1) is 18.1. The summed E-state index contributed by atoms with van der Waals surface area (Å²) in [6, 6.07) is -0.0599. The molecule has 1 saturated carbocycles. The van der Waals surface area contributed by atoms with Gasteiger partial charge in [-0.2, -0.15) is 13.2 Å². The summed E-state index contributed by atoms with van der Waals surface area (Å²) >= 11 is 0. The maximum atomic E-state index is 12.5. The molecule has 2 aliphatic heterocycles. The van der Waals surface area contributed by atoms with Gasteiger partial charge in [0.2, 0.25) is 5.91 Å². The first-order valence-corrected chi connectivity index (χ1v) is 9.00. The van der Waals surface area contributed by atoms with Crippen molar-refractivity contribution in [3.63, 3.8) is 0 Å². The monoisotopic (exact) mass is 386 g/mol. The molecule has 4 rings (SSSR count). The lowest BCUT2D eigenvalue weighted by Crippen LogP contribution is -2.65. The minimum atomic E-state index is -4.49. The number of hydrogen-bond donors (Lipinski definition) is 1. The van der Waals surface area contributed by atoms with Crippen LogP contribution in [0.15, 0.2) is 10.7 Å². The summed E-state index contributed by atoms with van der Waals surface area (Å²) in [6.07, 6.45) is -1.13. The van der Waals surface area contributed by atoms with Crippen molar-refractivity contribution in [2.75, 3.05) is 26.2 Å². The Morgan fingerprint density at radius 3 is 2.56 bits per heavy atom. The molecular weight excluding hydrogens is 365 g/mol. The molecule has 1 aromatic heterocycles. The number of primary amides is 1. The van der Waals surface area contributed by atoms with Gasteiger partial charge in [-0.15, -0.1) is 0 Å². The van der Waals surface area contributed by atoms with E-state index in [4.69, 9.17) is 10.2 Å². The second kappa shape index (κ2) is 6.13. The molecule has 0 unspecified atom stereocenters. The van der Waals surface area contributed by atoms with Crippen LogP contribution in [0.25, 0.3) is 0 Å². The zero-order valence-corrected chi connectivity index (χ0v) is 14.7. The van der Waals surface area contributed by atoms with Crippen LogP contribution in [0.3, 0.4) is 0 Å². The van der Waals surface area contributed by atoms with Crippen molar-refractivity contribution in [1.82, 2.24) is 14.8 Å². The van der Waals surface area contributed by atoms with Crippen molar-refractivity contribution in [2.45, 2.75) is 31.9 Å². The van der Waals surface area contributed by atoms with Gasteiger partial charge in [-0.25, -0.2) is 9.78 Å². The average Bonchev–Trinajstić information content (AvgIpc) is 3.16. The van der Waals surface area contributed by atoms with Gasteiger partial charge in [0, 0.05) is 38.0 Å². The van der Waals surface area contributed by atoms with Crippen LogP contribution in [-0.4, -0.2) is 52.9 Å².